The molecular formula is C17H29N3. The molecule has 112 valence electrons. The van der Waals surface area contributed by atoms with Crippen molar-refractivity contribution in [2.45, 2.75) is 31.8 Å². The van der Waals surface area contributed by atoms with Crippen LogP contribution in [0.3, 0.4) is 0 Å². The minimum absolute atomic E-state index is 0.488. The molecule has 2 unspecified atom stereocenters. The number of rotatable bonds is 6. The van der Waals surface area contributed by atoms with Crippen LogP contribution in [0, 0.1) is 0 Å². The third-order valence-corrected chi connectivity index (χ3v) is 4.36. The van der Waals surface area contributed by atoms with Gasteiger partial charge in [-0.3, -0.25) is 4.90 Å². The molecule has 2 rings (SSSR count). The lowest BCUT2D eigenvalue weighted by Gasteiger charge is -2.38. The minimum Gasteiger partial charge on any atom is -0.308 e. The summed E-state index contributed by atoms with van der Waals surface area (Å²) in [5.74, 6) is 0. The largest absolute Gasteiger partial charge is 0.308 e. The lowest BCUT2D eigenvalue weighted by atomic mass is 10.0. The van der Waals surface area contributed by atoms with E-state index in [2.05, 4.69) is 66.5 Å². The van der Waals surface area contributed by atoms with E-state index < -0.39 is 0 Å². The maximum Gasteiger partial charge on any atom is 0.0345 e. The highest BCUT2D eigenvalue weighted by Gasteiger charge is 2.22. The Morgan fingerprint density at radius 3 is 2.65 bits per heavy atom. The van der Waals surface area contributed by atoms with Gasteiger partial charge in [-0.05, 0) is 26.1 Å². The molecule has 1 fully saturated rings. The highest BCUT2D eigenvalue weighted by Crippen LogP contribution is 2.18. The molecule has 1 heterocycles. The monoisotopic (exact) mass is 275 g/mol. The van der Waals surface area contributed by atoms with Gasteiger partial charge in [0.15, 0.2) is 0 Å². The van der Waals surface area contributed by atoms with Crippen LogP contribution in [0.15, 0.2) is 30.3 Å². The normalized spacial score (nSPS) is 22.9. The molecule has 1 aliphatic rings. The Morgan fingerprint density at radius 2 is 1.95 bits per heavy atom. The average Bonchev–Trinajstić information content (AvgIpc) is 2.47. The third kappa shape index (κ3) is 4.30. The summed E-state index contributed by atoms with van der Waals surface area (Å²) in [4.78, 5) is 4.92. The molecule has 3 nitrogen and oxygen atoms in total. The summed E-state index contributed by atoms with van der Waals surface area (Å²) in [7, 11) is 4.47. The molecule has 0 aliphatic carbocycles. The molecule has 1 aliphatic heterocycles. The summed E-state index contributed by atoms with van der Waals surface area (Å²) in [5, 5.41) is 3.79. The van der Waals surface area contributed by atoms with Gasteiger partial charge in [-0.15, -0.1) is 0 Å². The van der Waals surface area contributed by atoms with E-state index >= 15 is 0 Å². The number of likely N-dealkylation sites (N-methyl/N-ethyl adjacent to an activating group) is 2. The first-order valence-electron chi connectivity index (χ1n) is 7.87. The van der Waals surface area contributed by atoms with Gasteiger partial charge in [0.25, 0.3) is 0 Å². The van der Waals surface area contributed by atoms with Crippen molar-refractivity contribution in [1.29, 1.82) is 0 Å². The number of piperazine rings is 1. The number of hydrogen-bond acceptors (Lipinski definition) is 3. The zero-order chi connectivity index (χ0) is 14.4. The van der Waals surface area contributed by atoms with Gasteiger partial charge in [0.2, 0.25) is 0 Å². The second-order valence-corrected chi connectivity index (χ2v) is 6.06. The lowest BCUT2D eigenvalue weighted by molar-refractivity contribution is 0.111. The molecule has 1 saturated heterocycles. The van der Waals surface area contributed by atoms with Crippen molar-refractivity contribution in [3.05, 3.63) is 35.9 Å². The van der Waals surface area contributed by atoms with Crippen LogP contribution in [-0.4, -0.2) is 56.1 Å². The fraction of sp³-hybridized carbons (Fsp3) is 0.647. The second kappa shape index (κ2) is 7.77. The molecule has 0 bridgehead atoms. The van der Waals surface area contributed by atoms with E-state index in [-0.39, 0.29) is 0 Å². The summed E-state index contributed by atoms with van der Waals surface area (Å²) in [6, 6.07) is 12.0. The van der Waals surface area contributed by atoms with E-state index in [1.807, 2.05) is 0 Å². The van der Waals surface area contributed by atoms with Crippen LogP contribution in [0.1, 0.15) is 31.4 Å². The van der Waals surface area contributed by atoms with E-state index in [1.54, 1.807) is 0 Å². The minimum atomic E-state index is 0.488. The fourth-order valence-electron chi connectivity index (χ4n) is 2.96. The highest BCUT2D eigenvalue weighted by molar-refractivity contribution is 5.18. The molecule has 2 atom stereocenters. The predicted octanol–water partition coefficient (Wildman–Crippen LogP) is 2.36. The second-order valence-electron chi connectivity index (χ2n) is 6.06. The SMILES string of the molecule is CCCC(NCC1CN(C)CCN1C)c1ccccc1. The van der Waals surface area contributed by atoms with Crippen molar-refractivity contribution in [2.24, 2.45) is 0 Å². The van der Waals surface area contributed by atoms with Crippen LogP contribution in [0.25, 0.3) is 0 Å². The van der Waals surface area contributed by atoms with Gasteiger partial charge in [-0.2, -0.15) is 0 Å². The van der Waals surface area contributed by atoms with Crippen LogP contribution in [0.5, 0.6) is 0 Å². The first kappa shape index (κ1) is 15.5. The van der Waals surface area contributed by atoms with Crippen LogP contribution >= 0.6 is 0 Å². The number of nitrogens with one attached hydrogen (secondary N) is 1. The van der Waals surface area contributed by atoms with Crippen molar-refractivity contribution in [2.75, 3.05) is 40.3 Å². The molecule has 0 aromatic heterocycles. The van der Waals surface area contributed by atoms with Gasteiger partial charge in [0.1, 0.15) is 0 Å². The van der Waals surface area contributed by atoms with Gasteiger partial charge >= 0.3 is 0 Å². The van der Waals surface area contributed by atoms with Gasteiger partial charge in [-0.1, -0.05) is 43.7 Å². The first-order chi connectivity index (χ1) is 9.70. The molecular weight excluding hydrogens is 246 g/mol. The maximum absolute atomic E-state index is 3.79. The lowest BCUT2D eigenvalue weighted by Crippen LogP contribution is -2.54. The molecule has 0 amide bonds. The Kier molecular flexibility index (Phi) is 6.02. The Morgan fingerprint density at radius 1 is 1.20 bits per heavy atom. The molecule has 0 saturated carbocycles. The molecule has 1 aromatic carbocycles. The Bertz CT molecular complexity index is 379. The van der Waals surface area contributed by atoms with E-state index in [1.165, 1.54) is 31.5 Å². The highest BCUT2D eigenvalue weighted by atomic mass is 15.3. The summed E-state index contributed by atoms with van der Waals surface area (Å²) >= 11 is 0. The smallest absolute Gasteiger partial charge is 0.0345 e. The fourth-order valence-corrected chi connectivity index (χ4v) is 2.96. The standard InChI is InChI=1S/C17H29N3/c1-4-8-17(15-9-6-5-7-10-15)18-13-16-14-19(2)11-12-20(16)3/h5-7,9-10,16-18H,4,8,11-14H2,1-3H3. The van der Waals surface area contributed by atoms with Crippen LogP contribution in [0.4, 0.5) is 0 Å². The summed E-state index contributed by atoms with van der Waals surface area (Å²) in [5.41, 5.74) is 1.42. The number of benzene rings is 1. The molecule has 0 radical (unpaired) electrons. The Balaban J connectivity index is 1.92. The van der Waals surface area contributed by atoms with Gasteiger partial charge in [-0.25, -0.2) is 0 Å². The van der Waals surface area contributed by atoms with Crippen molar-refractivity contribution < 1.29 is 0 Å². The number of hydrogen-bond donors (Lipinski definition) is 1. The van der Waals surface area contributed by atoms with Gasteiger partial charge < -0.3 is 10.2 Å². The maximum atomic E-state index is 3.79. The van der Waals surface area contributed by atoms with Crippen LogP contribution < -0.4 is 5.32 Å². The molecule has 3 heteroatoms. The van der Waals surface area contributed by atoms with E-state index in [0.29, 0.717) is 12.1 Å². The third-order valence-electron chi connectivity index (χ3n) is 4.36. The van der Waals surface area contributed by atoms with E-state index in [4.69, 9.17) is 0 Å². The zero-order valence-corrected chi connectivity index (χ0v) is 13.2. The summed E-state index contributed by atoms with van der Waals surface area (Å²) in [6.45, 7) is 6.85. The average molecular weight is 275 g/mol. The van der Waals surface area contributed by atoms with Gasteiger partial charge in [0, 0.05) is 38.3 Å². The van der Waals surface area contributed by atoms with E-state index in [0.717, 1.165) is 13.1 Å². The first-order valence-corrected chi connectivity index (χ1v) is 7.87. The van der Waals surface area contributed by atoms with Crippen molar-refractivity contribution in [1.82, 2.24) is 15.1 Å². The quantitative estimate of drug-likeness (QED) is 0.860. The Labute approximate surface area is 124 Å². The van der Waals surface area contributed by atoms with E-state index in [9.17, 15) is 0 Å². The topological polar surface area (TPSA) is 18.5 Å². The molecule has 1 N–H and O–H groups in total. The van der Waals surface area contributed by atoms with Crippen molar-refractivity contribution >= 4 is 0 Å². The summed E-state index contributed by atoms with van der Waals surface area (Å²) < 4.78 is 0. The van der Waals surface area contributed by atoms with Crippen LogP contribution in [-0.2, 0) is 0 Å². The molecule has 20 heavy (non-hydrogen) atoms. The van der Waals surface area contributed by atoms with Crippen molar-refractivity contribution in [3.63, 3.8) is 0 Å². The molecule has 1 aromatic rings. The van der Waals surface area contributed by atoms with Gasteiger partial charge in [0.05, 0.1) is 0 Å². The van der Waals surface area contributed by atoms with Crippen LogP contribution in [0.2, 0.25) is 0 Å². The Hall–Kier alpha value is -0.900. The zero-order valence-electron chi connectivity index (χ0n) is 13.2. The molecule has 0 spiro atoms. The van der Waals surface area contributed by atoms with Crippen molar-refractivity contribution in [3.8, 4) is 0 Å². The summed E-state index contributed by atoms with van der Waals surface area (Å²) in [6.07, 6.45) is 2.42. The predicted molar refractivity (Wildman–Crippen MR) is 86.0 cm³/mol. The number of nitrogens with zero attached hydrogens (tertiary/aromatic N) is 2.